The van der Waals surface area contributed by atoms with E-state index in [1.54, 1.807) is 0 Å². The van der Waals surface area contributed by atoms with Gasteiger partial charge in [0.25, 0.3) is 0 Å². The summed E-state index contributed by atoms with van der Waals surface area (Å²) in [5, 5.41) is 8.66. The molecule has 0 saturated carbocycles. The molecule has 3 nitrogen and oxygen atoms in total. The van der Waals surface area contributed by atoms with E-state index in [1.807, 2.05) is 36.4 Å². The van der Waals surface area contributed by atoms with Gasteiger partial charge < -0.3 is 4.74 Å². The van der Waals surface area contributed by atoms with Crippen molar-refractivity contribution in [3.05, 3.63) is 78.4 Å². The molecule has 3 rings (SSSR count). The van der Waals surface area contributed by atoms with Crippen LogP contribution in [0.15, 0.2) is 83.0 Å². The van der Waals surface area contributed by atoms with Gasteiger partial charge in [-0.3, -0.25) is 0 Å². The number of ether oxygens (including phenoxy) is 1. The van der Waals surface area contributed by atoms with Crippen LogP contribution in [0.2, 0.25) is 0 Å². The van der Waals surface area contributed by atoms with Crippen molar-refractivity contribution in [1.82, 2.24) is 0 Å². The number of unbranched alkanes of at least 4 members (excludes halogenated alkanes) is 3. The largest absolute Gasteiger partial charge is 0.494 e. The fraction of sp³-hybridized carbons (Fsp3) is 0.280. The van der Waals surface area contributed by atoms with Gasteiger partial charge in [0.05, 0.1) is 18.0 Å². The van der Waals surface area contributed by atoms with Crippen LogP contribution in [0.1, 0.15) is 38.2 Å². The van der Waals surface area contributed by atoms with Crippen LogP contribution in [0, 0.1) is 6.92 Å². The maximum absolute atomic E-state index is 5.76. The highest BCUT2D eigenvalue weighted by molar-refractivity contribution is 5.65. The molecule has 0 aliphatic heterocycles. The van der Waals surface area contributed by atoms with E-state index in [9.17, 15) is 0 Å². The van der Waals surface area contributed by atoms with E-state index in [0.29, 0.717) is 0 Å². The molecule has 0 spiro atoms. The summed E-state index contributed by atoms with van der Waals surface area (Å²) in [6.07, 6.45) is 4.85. The number of benzene rings is 3. The number of rotatable bonds is 9. The number of hydrogen-bond donors (Lipinski definition) is 0. The second kappa shape index (κ2) is 10.4. The normalized spacial score (nSPS) is 11.1. The van der Waals surface area contributed by atoms with Crippen LogP contribution < -0.4 is 4.74 Å². The summed E-state index contributed by atoms with van der Waals surface area (Å²) in [6, 6.07) is 24.4. The molecule has 0 saturated heterocycles. The maximum Gasteiger partial charge on any atom is 0.119 e. The van der Waals surface area contributed by atoms with Crippen LogP contribution in [0.4, 0.5) is 11.4 Å². The van der Waals surface area contributed by atoms with Crippen LogP contribution in [0.3, 0.4) is 0 Å². The standard InChI is InChI=1S/C25H28N2O/c1-3-4-5-6-19-28-25-17-15-24(16-18-25)27-26-23-13-11-22(12-14-23)21-9-7-20(2)8-10-21/h7-18H,3-6,19H2,1-2H3/b27-26+. The first-order valence-corrected chi connectivity index (χ1v) is 10.1. The lowest BCUT2D eigenvalue weighted by Gasteiger charge is -2.05. The monoisotopic (exact) mass is 372 g/mol. The van der Waals surface area contributed by atoms with E-state index in [4.69, 9.17) is 4.74 Å². The third kappa shape index (κ3) is 6.05. The summed E-state index contributed by atoms with van der Waals surface area (Å²) in [4.78, 5) is 0. The lowest BCUT2D eigenvalue weighted by molar-refractivity contribution is 0.305. The predicted octanol–water partition coefficient (Wildman–Crippen LogP) is 8.04. The lowest BCUT2D eigenvalue weighted by Crippen LogP contribution is -1.96. The van der Waals surface area contributed by atoms with Crippen LogP contribution in [-0.4, -0.2) is 6.61 Å². The van der Waals surface area contributed by atoms with E-state index in [2.05, 4.69) is 60.5 Å². The highest BCUT2D eigenvalue weighted by atomic mass is 16.5. The Morgan fingerprint density at radius 3 is 1.75 bits per heavy atom. The molecule has 0 unspecified atom stereocenters. The summed E-state index contributed by atoms with van der Waals surface area (Å²) in [5.74, 6) is 0.887. The first-order valence-electron chi connectivity index (χ1n) is 10.1. The summed E-state index contributed by atoms with van der Waals surface area (Å²) in [7, 11) is 0. The molecule has 0 aromatic heterocycles. The topological polar surface area (TPSA) is 34.0 Å². The van der Waals surface area contributed by atoms with Gasteiger partial charge in [-0.25, -0.2) is 0 Å². The van der Waals surface area contributed by atoms with Crippen LogP contribution >= 0.6 is 0 Å². The van der Waals surface area contributed by atoms with E-state index < -0.39 is 0 Å². The van der Waals surface area contributed by atoms with E-state index in [1.165, 1.54) is 36.0 Å². The summed E-state index contributed by atoms with van der Waals surface area (Å²) < 4.78 is 5.76. The van der Waals surface area contributed by atoms with Crippen molar-refractivity contribution in [1.29, 1.82) is 0 Å². The quantitative estimate of drug-likeness (QED) is 0.276. The Labute approximate surface area is 168 Å². The van der Waals surface area contributed by atoms with Crippen LogP contribution in [0.5, 0.6) is 5.75 Å². The highest BCUT2D eigenvalue weighted by Crippen LogP contribution is 2.25. The maximum atomic E-state index is 5.76. The smallest absolute Gasteiger partial charge is 0.119 e. The predicted molar refractivity (Wildman–Crippen MR) is 117 cm³/mol. The molecule has 3 aromatic rings. The summed E-state index contributed by atoms with van der Waals surface area (Å²) in [5.41, 5.74) is 5.31. The molecule has 0 radical (unpaired) electrons. The van der Waals surface area contributed by atoms with E-state index in [-0.39, 0.29) is 0 Å². The third-order valence-electron chi connectivity index (χ3n) is 4.64. The Bertz CT molecular complexity index is 866. The summed E-state index contributed by atoms with van der Waals surface area (Å²) in [6.45, 7) is 5.08. The molecule has 0 aliphatic rings. The van der Waals surface area contributed by atoms with Crippen molar-refractivity contribution in [2.75, 3.05) is 6.61 Å². The molecule has 144 valence electrons. The van der Waals surface area contributed by atoms with Crippen molar-refractivity contribution in [3.63, 3.8) is 0 Å². The van der Waals surface area contributed by atoms with Crippen molar-refractivity contribution in [2.45, 2.75) is 39.5 Å². The second-order valence-corrected chi connectivity index (χ2v) is 7.02. The number of aryl methyl sites for hydroxylation is 1. The average molecular weight is 373 g/mol. The van der Waals surface area contributed by atoms with Crippen molar-refractivity contribution >= 4 is 11.4 Å². The zero-order chi connectivity index (χ0) is 19.6. The molecule has 0 aliphatic carbocycles. The lowest BCUT2D eigenvalue weighted by atomic mass is 10.0. The molecular weight excluding hydrogens is 344 g/mol. The minimum Gasteiger partial charge on any atom is -0.494 e. The molecule has 0 bridgehead atoms. The van der Waals surface area contributed by atoms with Gasteiger partial charge in [-0.05, 0) is 60.9 Å². The number of nitrogens with zero attached hydrogens (tertiary/aromatic N) is 2. The van der Waals surface area contributed by atoms with Gasteiger partial charge in [0.1, 0.15) is 5.75 Å². The Kier molecular flexibility index (Phi) is 7.36. The minimum atomic E-state index is 0.772. The van der Waals surface area contributed by atoms with E-state index >= 15 is 0 Å². The van der Waals surface area contributed by atoms with Gasteiger partial charge in [0.2, 0.25) is 0 Å². The fourth-order valence-corrected chi connectivity index (χ4v) is 2.91. The van der Waals surface area contributed by atoms with Crippen molar-refractivity contribution in [3.8, 4) is 16.9 Å². The van der Waals surface area contributed by atoms with E-state index in [0.717, 1.165) is 30.2 Å². The first kappa shape index (κ1) is 19.8. The Hall–Kier alpha value is -2.94. The van der Waals surface area contributed by atoms with Gasteiger partial charge in [-0.1, -0.05) is 68.1 Å². The van der Waals surface area contributed by atoms with Crippen molar-refractivity contribution in [2.24, 2.45) is 10.2 Å². The number of azo groups is 1. The Morgan fingerprint density at radius 2 is 1.18 bits per heavy atom. The molecule has 0 fully saturated rings. The molecule has 3 heteroatoms. The van der Waals surface area contributed by atoms with Crippen molar-refractivity contribution < 1.29 is 4.74 Å². The van der Waals surface area contributed by atoms with Gasteiger partial charge in [0, 0.05) is 0 Å². The van der Waals surface area contributed by atoms with Gasteiger partial charge in [0.15, 0.2) is 0 Å². The zero-order valence-corrected chi connectivity index (χ0v) is 16.8. The second-order valence-electron chi connectivity index (χ2n) is 7.02. The zero-order valence-electron chi connectivity index (χ0n) is 16.8. The molecule has 0 amide bonds. The molecular formula is C25H28N2O. The van der Waals surface area contributed by atoms with Gasteiger partial charge in [-0.15, -0.1) is 0 Å². The molecule has 28 heavy (non-hydrogen) atoms. The minimum absolute atomic E-state index is 0.772. The fourth-order valence-electron chi connectivity index (χ4n) is 2.91. The average Bonchev–Trinajstić information content (AvgIpc) is 2.74. The van der Waals surface area contributed by atoms with Crippen LogP contribution in [-0.2, 0) is 0 Å². The first-order chi connectivity index (χ1) is 13.7. The SMILES string of the molecule is CCCCCCOc1ccc(/N=N/c2ccc(-c3ccc(C)cc3)cc2)cc1. The molecule has 0 heterocycles. The van der Waals surface area contributed by atoms with Crippen LogP contribution in [0.25, 0.3) is 11.1 Å². The molecule has 0 N–H and O–H groups in total. The third-order valence-corrected chi connectivity index (χ3v) is 4.64. The Morgan fingerprint density at radius 1 is 0.643 bits per heavy atom. The molecule has 3 aromatic carbocycles. The van der Waals surface area contributed by atoms with Gasteiger partial charge in [-0.2, -0.15) is 10.2 Å². The van der Waals surface area contributed by atoms with Gasteiger partial charge >= 0.3 is 0 Å². The molecule has 0 atom stereocenters. The Balaban J connectivity index is 1.54. The summed E-state index contributed by atoms with van der Waals surface area (Å²) >= 11 is 0. The highest BCUT2D eigenvalue weighted by Gasteiger charge is 1.99. The number of hydrogen-bond acceptors (Lipinski definition) is 3.